The smallest absolute Gasteiger partial charge is 0.141 e. The fourth-order valence-electron chi connectivity index (χ4n) is 1.91. The Morgan fingerprint density at radius 1 is 1.05 bits per heavy atom. The summed E-state index contributed by atoms with van der Waals surface area (Å²) in [5.41, 5.74) is 8.15. The van der Waals surface area contributed by atoms with Crippen molar-refractivity contribution in [2.24, 2.45) is 7.05 Å². The molecule has 0 unspecified atom stereocenters. The minimum Gasteiger partial charge on any atom is -0.384 e. The summed E-state index contributed by atoms with van der Waals surface area (Å²) in [6.07, 6.45) is 0. The molecule has 0 aliphatic carbocycles. The van der Waals surface area contributed by atoms with Gasteiger partial charge in [0.05, 0.1) is 5.69 Å². The quantitative estimate of drug-likeness (QED) is 0.870. The number of nitrogens with two attached hydrogens (primary N) is 1. The number of hydrogen-bond acceptors (Lipinski definition) is 2. The van der Waals surface area contributed by atoms with Crippen molar-refractivity contribution in [1.29, 1.82) is 0 Å². The number of aromatic nitrogens is 2. The van der Waals surface area contributed by atoms with Gasteiger partial charge in [-0.25, -0.2) is 4.98 Å². The highest BCUT2D eigenvalue weighted by atomic mass is 35.5. The Bertz CT molecular complexity index is 528. The van der Waals surface area contributed by atoms with E-state index < -0.39 is 0 Å². The lowest BCUT2D eigenvalue weighted by Gasteiger charge is -2.15. The van der Waals surface area contributed by atoms with Crippen LogP contribution in [0.2, 0.25) is 0 Å². The maximum atomic E-state index is 6.13. The molecule has 0 saturated heterocycles. The summed E-state index contributed by atoms with van der Waals surface area (Å²) in [6.45, 7) is 6.38. The van der Waals surface area contributed by atoms with Gasteiger partial charge < -0.3 is 10.3 Å². The summed E-state index contributed by atoms with van der Waals surface area (Å²) >= 11 is 0. The van der Waals surface area contributed by atoms with Crippen molar-refractivity contribution in [3.8, 4) is 11.4 Å². The molecule has 0 saturated carbocycles. The van der Waals surface area contributed by atoms with Gasteiger partial charge in [0, 0.05) is 18.0 Å². The van der Waals surface area contributed by atoms with Crippen molar-refractivity contribution in [2.75, 3.05) is 5.73 Å². The number of imidazole rings is 1. The molecule has 2 aromatic rings. The zero-order valence-electron chi connectivity index (χ0n) is 11.7. The monoisotopic (exact) mass is 301 g/mol. The normalized spacial score (nSPS) is 10.5. The van der Waals surface area contributed by atoms with E-state index in [1.165, 1.54) is 0 Å². The first kappa shape index (κ1) is 17.8. The molecule has 5 heteroatoms. The van der Waals surface area contributed by atoms with E-state index >= 15 is 0 Å². The van der Waals surface area contributed by atoms with E-state index in [1.807, 2.05) is 41.9 Å². The largest absolute Gasteiger partial charge is 0.384 e. The minimum atomic E-state index is -0.0329. The van der Waals surface area contributed by atoms with Crippen molar-refractivity contribution >= 4 is 30.6 Å². The summed E-state index contributed by atoms with van der Waals surface area (Å²) in [5.74, 6) is 1.67. The fourth-order valence-corrected chi connectivity index (χ4v) is 1.91. The van der Waals surface area contributed by atoms with Crippen LogP contribution >= 0.6 is 24.8 Å². The zero-order chi connectivity index (χ0) is 12.6. The Labute approximate surface area is 127 Å². The number of nitrogens with zero attached hydrogens (tertiary/aromatic N) is 2. The molecule has 2 rings (SSSR count). The Balaban J connectivity index is 0.00000162. The van der Waals surface area contributed by atoms with Gasteiger partial charge in [0.1, 0.15) is 11.6 Å². The standard InChI is InChI=1S/C14H19N3.2ClH/c1-14(2,3)11-12(15)17(4)13(16-11)10-8-6-5-7-9-10;;/h5-9H,15H2,1-4H3;2*1H. The van der Waals surface area contributed by atoms with Crippen LogP contribution in [0, 0.1) is 0 Å². The molecule has 0 spiro atoms. The van der Waals surface area contributed by atoms with Crippen LogP contribution in [-0.2, 0) is 12.5 Å². The van der Waals surface area contributed by atoms with Crippen LogP contribution in [-0.4, -0.2) is 9.55 Å². The first-order chi connectivity index (χ1) is 7.91. The maximum absolute atomic E-state index is 6.13. The molecule has 0 atom stereocenters. The van der Waals surface area contributed by atoms with Crippen LogP contribution in [0.3, 0.4) is 0 Å². The van der Waals surface area contributed by atoms with Gasteiger partial charge in [-0.3, -0.25) is 0 Å². The molecule has 2 N–H and O–H groups in total. The van der Waals surface area contributed by atoms with Crippen LogP contribution in [0.5, 0.6) is 0 Å². The second-order valence-electron chi connectivity index (χ2n) is 5.34. The summed E-state index contributed by atoms with van der Waals surface area (Å²) in [5, 5.41) is 0. The fraction of sp³-hybridized carbons (Fsp3) is 0.357. The van der Waals surface area contributed by atoms with Gasteiger partial charge in [0.15, 0.2) is 0 Å². The Morgan fingerprint density at radius 2 is 1.58 bits per heavy atom. The van der Waals surface area contributed by atoms with Crippen LogP contribution in [0.25, 0.3) is 11.4 Å². The molecule has 0 aliphatic heterocycles. The number of nitrogen functional groups attached to an aromatic ring is 1. The first-order valence-corrected chi connectivity index (χ1v) is 5.79. The maximum Gasteiger partial charge on any atom is 0.141 e. The Morgan fingerprint density at radius 3 is 2.00 bits per heavy atom. The molecule has 0 amide bonds. The lowest BCUT2D eigenvalue weighted by Crippen LogP contribution is -2.14. The molecule has 0 fully saturated rings. The van der Waals surface area contributed by atoms with Gasteiger partial charge >= 0.3 is 0 Å². The highest BCUT2D eigenvalue weighted by Gasteiger charge is 2.23. The second kappa shape index (κ2) is 6.31. The number of rotatable bonds is 1. The van der Waals surface area contributed by atoms with Crippen LogP contribution in [0.4, 0.5) is 5.82 Å². The van der Waals surface area contributed by atoms with Crippen molar-refractivity contribution in [2.45, 2.75) is 26.2 Å². The lowest BCUT2D eigenvalue weighted by molar-refractivity contribution is 0.574. The highest BCUT2D eigenvalue weighted by molar-refractivity contribution is 5.85. The average molecular weight is 302 g/mol. The second-order valence-corrected chi connectivity index (χ2v) is 5.34. The van der Waals surface area contributed by atoms with E-state index in [2.05, 4.69) is 25.8 Å². The number of hydrogen-bond donors (Lipinski definition) is 1. The molecule has 19 heavy (non-hydrogen) atoms. The van der Waals surface area contributed by atoms with E-state index in [0.29, 0.717) is 0 Å². The summed E-state index contributed by atoms with van der Waals surface area (Å²) in [6, 6.07) is 10.1. The zero-order valence-corrected chi connectivity index (χ0v) is 13.3. The van der Waals surface area contributed by atoms with Gasteiger partial charge in [-0.15, -0.1) is 24.8 Å². The molecular formula is C14H21Cl2N3. The van der Waals surface area contributed by atoms with Crippen LogP contribution in [0.15, 0.2) is 30.3 Å². The third-order valence-corrected chi connectivity index (χ3v) is 2.88. The molecule has 106 valence electrons. The summed E-state index contributed by atoms with van der Waals surface area (Å²) < 4.78 is 1.95. The first-order valence-electron chi connectivity index (χ1n) is 5.79. The Hall–Kier alpha value is -1.19. The number of anilines is 1. The van der Waals surface area contributed by atoms with Crippen molar-refractivity contribution in [3.05, 3.63) is 36.0 Å². The van der Waals surface area contributed by atoms with Crippen molar-refractivity contribution in [3.63, 3.8) is 0 Å². The van der Waals surface area contributed by atoms with E-state index in [1.54, 1.807) is 0 Å². The summed E-state index contributed by atoms with van der Waals surface area (Å²) in [7, 11) is 1.96. The predicted octanol–water partition coefficient (Wildman–Crippen LogP) is 3.81. The van der Waals surface area contributed by atoms with Crippen molar-refractivity contribution in [1.82, 2.24) is 9.55 Å². The van der Waals surface area contributed by atoms with E-state index in [-0.39, 0.29) is 30.2 Å². The molecule has 1 aromatic carbocycles. The molecular weight excluding hydrogens is 281 g/mol. The molecule has 0 aliphatic rings. The van der Waals surface area contributed by atoms with E-state index in [4.69, 9.17) is 5.73 Å². The predicted molar refractivity (Wildman–Crippen MR) is 86.3 cm³/mol. The number of benzene rings is 1. The lowest BCUT2D eigenvalue weighted by atomic mass is 9.92. The SMILES string of the molecule is Cl.Cl.Cn1c(-c2ccccc2)nc(C(C)(C)C)c1N. The molecule has 0 bridgehead atoms. The van der Waals surface area contributed by atoms with Gasteiger partial charge in [-0.05, 0) is 0 Å². The van der Waals surface area contributed by atoms with E-state index in [9.17, 15) is 0 Å². The van der Waals surface area contributed by atoms with Gasteiger partial charge in [-0.1, -0.05) is 51.1 Å². The molecule has 0 radical (unpaired) electrons. The summed E-state index contributed by atoms with van der Waals surface area (Å²) in [4.78, 5) is 4.69. The highest BCUT2D eigenvalue weighted by Crippen LogP contribution is 2.30. The minimum absolute atomic E-state index is 0. The van der Waals surface area contributed by atoms with E-state index in [0.717, 1.165) is 22.9 Å². The number of halogens is 2. The van der Waals surface area contributed by atoms with Crippen LogP contribution < -0.4 is 5.73 Å². The van der Waals surface area contributed by atoms with Gasteiger partial charge in [0.25, 0.3) is 0 Å². The van der Waals surface area contributed by atoms with Gasteiger partial charge in [0.2, 0.25) is 0 Å². The third kappa shape index (κ3) is 3.43. The third-order valence-electron chi connectivity index (χ3n) is 2.88. The average Bonchev–Trinajstić information content (AvgIpc) is 2.57. The molecule has 1 heterocycles. The molecule has 3 nitrogen and oxygen atoms in total. The molecule has 1 aromatic heterocycles. The van der Waals surface area contributed by atoms with Crippen LogP contribution in [0.1, 0.15) is 26.5 Å². The topological polar surface area (TPSA) is 43.8 Å². The van der Waals surface area contributed by atoms with Gasteiger partial charge in [-0.2, -0.15) is 0 Å². The van der Waals surface area contributed by atoms with Crippen molar-refractivity contribution < 1.29 is 0 Å². The Kier molecular flexibility index (Phi) is 5.91.